The highest BCUT2D eigenvalue weighted by Crippen LogP contribution is 2.25. The first-order valence-corrected chi connectivity index (χ1v) is 9.99. The molecule has 152 valence electrons. The molecule has 0 aromatic heterocycles. The van der Waals surface area contributed by atoms with E-state index in [0.29, 0.717) is 19.1 Å². The summed E-state index contributed by atoms with van der Waals surface area (Å²) < 4.78 is 5.11. The first-order chi connectivity index (χ1) is 12.6. The molecule has 8 heteroatoms. The first kappa shape index (κ1) is 24.0. The number of aliphatic imine (C=N–C) groups is 1. The standard InChI is InChI=1S/C19H30N4O2S.HI/c1-22(2)18(24)13-21-19(20-10-12-25-3)23-11-9-16(14-23)15-26-17-7-5-4-6-8-17;/h4-8,16H,9-15H2,1-3H3,(H,20,21);1H. The molecule has 1 aliphatic rings. The maximum Gasteiger partial charge on any atom is 0.243 e. The molecule has 0 saturated carbocycles. The van der Waals surface area contributed by atoms with Crippen LogP contribution in [0.3, 0.4) is 0 Å². The Morgan fingerprint density at radius 2 is 2.11 bits per heavy atom. The number of nitrogens with zero attached hydrogens (tertiary/aromatic N) is 3. The third-order valence-electron chi connectivity index (χ3n) is 4.27. The molecule has 1 fully saturated rings. The van der Waals surface area contributed by atoms with Crippen LogP contribution in [0.2, 0.25) is 0 Å². The predicted octanol–water partition coefficient (Wildman–Crippen LogP) is 2.40. The lowest BCUT2D eigenvalue weighted by Gasteiger charge is -2.22. The van der Waals surface area contributed by atoms with E-state index < -0.39 is 0 Å². The Morgan fingerprint density at radius 3 is 2.78 bits per heavy atom. The van der Waals surface area contributed by atoms with Crippen LogP contribution >= 0.6 is 35.7 Å². The second kappa shape index (κ2) is 13.2. The highest BCUT2D eigenvalue weighted by atomic mass is 127. The number of thioether (sulfide) groups is 1. The molecule has 1 aromatic rings. The number of likely N-dealkylation sites (N-methyl/N-ethyl adjacent to an activating group) is 1. The van der Waals surface area contributed by atoms with Gasteiger partial charge < -0.3 is 19.9 Å². The Morgan fingerprint density at radius 1 is 1.37 bits per heavy atom. The lowest BCUT2D eigenvalue weighted by Crippen LogP contribution is -2.42. The van der Waals surface area contributed by atoms with Gasteiger partial charge in [0.25, 0.3) is 0 Å². The minimum Gasteiger partial charge on any atom is -0.383 e. The van der Waals surface area contributed by atoms with E-state index in [4.69, 9.17) is 4.74 Å². The maximum atomic E-state index is 11.9. The van der Waals surface area contributed by atoms with Crippen LogP contribution < -0.4 is 5.32 Å². The van der Waals surface area contributed by atoms with Gasteiger partial charge in [0.15, 0.2) is 5.96 Å². The van der Waals surface area contributed by atoms with Crippen LogP contribution in [0, 0.1) is 5.92 Å². The fraction of sp³-hybridized carbons (Fsp3) is 0.579. The number of carbonyl (C=O) groups is 1. The van der Waals surface area contributed by atoms with Gasteiger partial charge in [-0.1, -0.05) is 18.2 Å². The molecule has 2 rings (SSSR count). The van der Waals surface area contributed by atoms with Crippen molar-refractivity contribution in [2.24, 2.45) is 10.9 Å². The number of carbonyl (C=O) groups excluding carboxylic acids is 1. The summed E-state index contributed by atoms with van der Waals surface area (Å²) in [6.45, 7) is 3.40. The highest BCUT2D eigenvalue weighted by Gasteiger charge is 2.25. The van der Waals surface area contributed by atoms with Crippen molar-refractivity contribution in [3.05, 3.63) is 30.3 Å². The minimum absolute atomic E-state index is 0. The van der Waals surface area contributed by atoms with E-state index in [-0.39, 0.29) is 36.4 Å². The van der Waals surface area contributed by atoms with Gasteiger partial charge in [-0.05, 0) is 24.5 Å². The fourth-order valence-electron chi connectivity index (χ4n) is 2.71. The summed E-state index contributed by atoms with van der Waals surface area (Å²) in [5.41, 5.74) is 0. The van der Waals surface area contributed by atoms with Gasteiger partial charge in [-0.2, -0.15) is 0 Å². The number of guanidine groups is 1. The van der Waals surface area contributed by atoms with E-state index in [1.807, 2.05) is 17.8 Å². The van der Waals surface area contributed by atoms with Crippen LogP contribution in [0.4, 0.5) is 0 Å². The average molecular weight is 506 g/mol. The van der Waals surface area contributed by atoms with Gasteiger partial charge in [-0.3, -0.25) is 4.79 Å². The number of benzene rings is 1. The molecule has 1 atom stereocenters. The molecule has 1 N–H and O–H groups in total. The predicted molar refractivity (Wildman–Crippen MR) is 123 cm³/mol. The largest absolute Gasteiger partial charge is 0.383 e. The lowest BCUT2D eigenvalue weighted by atomic mass is 10.2. The summed E-state index contributed by atoms with van der Waals surface area (Å²) in [6, 6.07) is 10.5. The Bertz CT molecular complexity index is 586. The van der Waals surface area contributed by atoms with Gasteiger partial charge >= 0.3 is 0 Å². The van der Waals surface area contributed by atoms with E-state index >= 15 is 0 Å². The summed E-state index contributed by atoms with van der Waals surface area (Å²) in [5.74, 6) is 2.54. The molecule has 1 saturated heterocycles. The Kier molecular flexibility index (Phi) is 11.8. The van der Waals surface area contributed by atoms with E-state index in [1.54, 1.807) is 26.1 Å². The zero-order valence-corrected chi connectivity index (χ0v) is 19.5. The molecule has 0 aliphatic carbocycles. The second-order valence-corrected chi connectivity index (χ2v) is 7.67. The number of likely N-dealkylation sites (tertiary alicyclic amines) is 1. The van der Waals surface area contributed by atoms with Crippen molar-refractivity contribution >= 4 is 47.6 Å². The van der Waals surface area contributed by atoms with Crippen LogP contribution in [0.1, 0.15) is 6.42 Å². The van der Waals surface area contributed by atoms with Crippen molar-refractivity contribution in [2.45, 2.75) is 11.3 Å². The quantitative estimate of drug-likeness (QED) is 0.193. The van der Waals surface area contributed by atoms with E-state index in [0.717, 1.165) is 31.2 Å². The number of nitrogens with one attached hydrogen (secondary N) is 1. The topological polar surface area (TPSA) is 57.2 Å². The van der Waals surface area contributed by atoms with Crippen molar-refractivity contribution in [1.29, 1.82) is 0 Å². The number of hydrogen-bond acceptors (Lipinski definition) is 4. The smallest absolute Gasteiger partial charge is 0.243 e. The SMILES string of the molecule is COCCNC(=NCC(=O)N(C)C)N1CCC(CSc2ccccc2)C1.I. The van der Waals surface area contributed by atoms with Crippen molar-refractivity contribution < 1.29 is 9.53 Å². The van der Waals surface area contributed by atoms with Crippen LogP contribution in [-0.2, 0) is 9.53 Å². The molecule has 0 bridgehead atoms. The van der Waals surface area contributed by atoms with Gasteiger partial charge in [0.2, 0.25) is 5.91 Å². The third kappa shape index (κ3) is 8.69. The Balaban J connectivity index is 0.00000364. The zero-order valence-electron chi connectivity index (χ0n) is 16.4. The first-order valence-electron chi connectivity index (χ1n) is 9.00. The van der Waals surface area contributed by atoms with Crippen molar-refractivity contribution in [3.8, 4) is 0 Å². The molecule has 1 amide bonds. The monoisotopic (exact) mass is 506 g/mol. The number of ether oxygens (including phenoxy) is 1. The van der Waals surface area contributed by atoms with Gasteiger partial charge in [0, 0.05) is 51.5 Å². The molecule has 0 spiro atoms. The van der Waals surface area contributed by atoms with Crippen LogP contribution in [0.5, 0.6) is 0 Å². The van der Waals surface area contributed by atoms with Crippen molar-refractivity contribution in [1.82, 2.24) is 15.1 Å². The molecule has 1 unspecified atom stereocenters. The summed E-state index contributed by atoms with van der Waals surface area (Å²) in [6.07, 6.45) is 1.15. The number of hydrogen-bond donors (Lipinski definition) is 1. The molecule has 0 radical (unpaired) electrons. The van der Waals surface area contributed by atoms with Crippen LogP contribution in [0.15, 0.2) is 40.2 Å². The second-order valence-electron chi connectivity index (χ2n) is 6.57. The summed E-state index contributed by atoms with van der Waals surface area (Å²) in [5, 5.41) is 3.32. The Hall–Kier alpha value is -1.000. The average Bonchev–Trinajstić information content (AvgIpc) is 3.12. The third-order valence-corrected chi connectivity index (χ3v) is 5.51. The highest BCUT2D eigenvalue weighted by molar-refractivity contribution is 14.0. The van der Waals surface area contributed by atoms with Gasteiger partial charge in [0.05, 0.1) is 6.61 Å². The molecule has 27 heavy (non-hydrogen) atoms. The minimum atomic E-state index is 0. The van der Waals surface area contributed by atoms with E-state index in [2.05, 4.69) is 39.5 Å². The molecule has 1 aromatic carbocycles. The zero-order chi connectivity index (χ0) is 18.8. The van der Waals surface area contributed by atoms with Crippen LogP contribution in [-0.4, -0.2) is 81.4 Å². The molecule has 6 nitrogen and oxygen atoms in total. The fourth-order valence-corrected chi connectivity index (χ4v) is 3.76. The lowest BCUT2D eigenvalue weighted by molar-refractivity contribution is -0.127. The van der Waals surface area contributed by atoms with Gasteiger partial charge in [-0.25, -0.2) is 4.99 Å². The van der Waals surface area contributed by atoms with Crippen molar-refractivity contribution in [2.75, 3.05) is 59.7 Å². The number of halogens is 1. The Labute approximate surface area is 184 Å². The summed E-state index contributed by atoms with van der Waals surface area (Å²) in [4.78, 5) is 21.5. The maximum absolute atomic E-state index is 11.9. The number of rotatable bonds is 8. The van der Waals surface area contributed by atoms with E-state index in [9.17, 15) is 4.79 Å². The van der Waals surface area contributed by atoms with Gasteiger partial charge in [0.1, 0.15) is 6.54 Å². The van der Waals surface area contributed by atoms with Crippen molar-refractivity contribution in [3.63, 3.8) is 0 Å². The summed E-state index contributed by atoms with van der Waals surface area (Å²) in [7, 11) is 5.19. The van der Waals surface area contributed by atoms with Gasteiger partial charge in [-0.15, -0.1) is 35.7 Å². The normalized spacial score (nSPS) is 16.8. The molecule has 1 aliphatic heterocycles. The number of amides is 1. The molecular formula is C19H31IN4O2S. The summed E-state index contributed by atoms with van der Waals surface area (Å²) >= 11 is 1.91. The molecular weight excluding hydrogens is 475 g/mol. The van der Waals surface area contributed by atoms with E-state index in [1.165, 1.54) is 4.90 Å². The van der Waals surface area contributed by atoms with Crippen LogP contribution in [0.25, 0.3) is 0 Å². The molecule has 1 heterocycles. The number of methoxy groups -OCH3 is 1.